The van der Waals surface area contributed by atoms with E-state index in [1.807, 2.05) is 11.9 Å². The Balaban J connectivity index is 1.92. The highest BCUT2D eigenvalue weighted by molar-refractivity contribution is 5.86. The number of carbonyl (C=O) groups excluding carboxylic acids is 1. The molecular weight excluding hydrogens is 212 g/mol. The zero-order valence-corrected chi connectivity index (χ0v) is 11.4. The van der Waals surface area contributed by atoms with Crippen LogP contribution >= 0.6 is 0 Å². The maximum absolute atomic E-state index is 12.4. The first kappa shape index (κ1) is 12.9. The van der Waals surface area contributed by atoms with Crippen molar-refractivity contribution in [1.29, 1.82) is 0 Å². The summed E-state index contributed by atoms with van der Waals surface area (Å²) in [6, 6.07) is 0. The fraction of sp³-hybridized carbons (Fsp3) is 0.929. The standard InChI is InChI=1S/C14H26N2O/c1-10-5-4-6-14(15,8-10)13(17)16(3)9-12-7-11(12)2/h10-12H,4-9,15H2,1-3H3. The number of nitrogens with two attached hydrogens (primary N) is 1. The summed E-state index contributed by atoms with van der Waals surface area (Å²) in [5, 5.41) is 0. The smallest absolute Gasteiger partial charge is 0.242 e. The van der Waals surface area contributed by atoms with Crippen molar-refractivity contribution in [3.05, 3.63) is 0 Å². The molecular formula is C14H26N2O. The number of hydrogen-bond acceptors (Lipinski definition) is 2. The molecule has 2 saturated carbocycles. The zero-order chi connectivity index (χ0) is 12.6. The molecule has 17 heavy (non-hydrogen) atoms. The van der Waals surface area contributed by atoms with E-state index in [-0.39, 0.29) is 5.91 Å². The Bertz CT molecular complexity index is 305. The predicted octanol–water partition coefficient (Wildman–Crippen LogP) is 2.01. The lowest BCUT2D eigenvalue weighted by atomic mass is 9.76. The summed E-state index contributed by atoms with van der Waals surface area (Å²) in [4.78, 5) is 14.3. The third kappa shape index (κ3) is 2.82. The highest BCUT2D eigenvalue weighted by Crippen LogP contribution is 2.39. The maximum atomic E-state index is 12.4. The fourth-order valence-corrected chi connectivity index (χ4v) is 3.25. The molecule has 0 aromatic rings. The lowest BCUT2D eigenvalue weighted by molar-refractivity contribution is -0.137. The molecule has 0 bridgehead atoms. The molecule has 2 fully saturated rings. The number of carbonyl (C=O) groups is 1. The summed E-state index contributed by atoms with van der Waals surface area (Å²) in [5.74, 6) is 2.27. The van der Waals surface area contributed by atoms with Crippen molar-refractivity contribution in [2.45, 2.75) is 51.5 Å². The quantitative estimate of drug-likeness (QED) is 0.817. The lowest BCUT2D eigenvalue weighted by Crippen LogP contribution is -2.56. The van der Waals surface area contributed by atoms with Crippen molar-refractivity contribution in [3.63, 3.8) is 0 Å². The van der Waals surface area contributed by atoms with Gasteiger partial charge in [-0.15, -0.1) is 0 Å². The van der Waals surface area contributed by atoms with Gasteiger partial charge in [0.2, 0.25) is 5.91 Å². The van der Waals surface area contributed by atoms with Gasteiger partial charge in [-0.25, -0.2) is 0 Å². The number of nitrogens with zero attached hydrogens (tertiary/aromatic N) is 1. The molecule has 4 unspecified atom stereocenters. The molecule has 4 atom stereocenters. The number of amides is 1. The Morgan fingerprint density at radius 2 is 2.12 bits per heavy atom. The van der Waals surface area contributed by atoms with Gasteiger partial charge in [0.25, 0.3) is 0 Å². The van der Waals surface area contributed by atoms with E-state index < -0.39 is 5.54 Å². The number of likely N-dealkylation sites (N-methyl/N-ethyl adjacent to an activating group) is 1. The van der Waals surface area contributed by atoms with Crippen molar-refractivity contribution < 1.29 is 4.79 Å². The Morgan fingerprint density at radius 3 is 2.65 bits per heavy atom. The Morgan fingerprint density at radius 1 is 1.47 bits per heavy atom. The van der Waals surface area contributed by atoms with Crippen molar-refractivity contribution >= 4 is 5.91 Å². The van der Waals surface area contributed by atoms with Crippen molar-refractivity contribution in [2.75, 3.05) is 13.6 Å². The van der Waals surface area contributed by atoms with Crippen LogP contribution in [-0.2, 0) is 4.79 Å². The van der Waals surface area contributed by atoms with E-state index in [9.17, 15) is 4.79 Å². The van der Waals surface area contributed by atoms with Crippen LogP contribution in [0.5, 0.6) is 0 Å². The van der Waals surface area contributed by atoms with Crippen LogP contribution < -0.4 is 5.73 Å². The van der Waals surface area contributed by atoms with E-state index in [1.165, 1.54) is 12.8 Å². The summed E-state index contributed by atoms with van der Waals surface area (Å²) in [6.07, 6.45) is 5.30. The minimum absolute atomic E-state index is 0.170. The van der Waals surface area contributed by atoms with Gasteiger partial charge in [-0.2, -0.15) is 0 Å². The topological polar surface area (TPSA) is 46.3 Å². The van der Waals surface area contributed by atoms with E-state index in [0.717, 1.165) is 31.7 Å². The lowest BCUT2D eigenvalue weighted by Gasteiger charge is -2.38. The minimum atomic E-state index is -0.579. The molecule has 3 nitrogen and oxygen atoms in total. The first-order chi connectivity index (χ1) is 7.92. The average Bonchev–Trinajstić information content (AvgIpc) is 2.92. The molecule has 1 amide bonds. The number of rotatable bonds is 3. The summed E-state index contributed by atoms with van der Waals surface area (Å²) >= 11 is 0. The van der Waals surface area contributed by atoms with Crippen LogP contribution in [0.15, 0.2) is 0 Å². The molecule has 0 saturated heterocycles. The van der Waals surface area contributed by atoms with Crippen LogP contribution in [0.1, 0.15) is 46.0 Å². The van der Waals surface area contributed by atoms with E-state index >= 15 is 0 Å². The molecule has 2 rings (SSSR count). The van der Waals surface area contributed by atoms with E-state index in [0.29, 0.717) is 11.8 Å². The SMILES string of the molecule is CC1CCCC(N)(C(=O)N(C)CC2CC2C)C1. The molecule has 3 heteroatoms. The maximum Gasteiger partial charge on any atom is 0.242 e. The molecule has 2 aliphatic rings. The van der Waals surface area contributed by atoms with Gasteiger partial charge in [0.15, 0.2) is 0 Å². The molecule has 0 aliphatic heterocycles. The molecule has 2 N–H and O–H groups in total. The monoisotopic (exact) mass is 238 g/mol. The van der Waals surface area contributed by atoms with Crippen LogP contribution in [0.25, 0.3) is 0 Å². The van der Waals surface area contributed by atoms with Gasteiger partial charge in [0, 0.05) is 13.6 Å². The first-order valence-corrected chi connectivity index (χ1v) is 6.97. The normalized spacial score (nSPS) is 41.1. The molecule has 98 valence electrons. The molecule has 0 spiro atoms. The third-order valence-electron chi connectivity index (χ3n) is 4.59. The highest BCUT2D eigenvalue weighted by Gasteiger charge is 2.42. The average molecular weight is 238 g/mol. The summed E-state index contributed by atoms with van der Waals surface area (Å²) in [5.41, 5.74) is 5.75. The molecule has 2 aliphatic carbocycles. The van der Waals surface area contributed by atoms with Crippen LogP contribution in [0.4, 0.5) is 0 Å². The first-order valence-electron chi connectivity index (χ1n) is 6.97. The summed E-state index contributed by atoms with van der Waals surface area (Å²) in [7, 11) is 1.92. The van der Waals surface area contributed by atoms with Crippen molar-refractivity contribution in [2.24, 2.45) is 23.5 Å². The largest absolute Gasteiger partial charge is 0.344 e. The predicted molar refractivity (Wildman–Crippen MR) is 69.5 cm³/mol. The van der Waals surface area contributed by atoms with E-state index in [4.69, 9.17) is 5.73 Å². The van der Waals surface area contributed by atoms with Crippen molar-refractivity contribution in [3.8, 4) is 0 Å². The Hall–Kier alpha value is -0.570. The van der Waals surface area contributed by atoms with Gasteiger partial charge in [-0.1, -0.05) is 26.7 Å². The van der Waals surface area contributed by atoms with Crippen LogP contribution in [0, 0.1) is 17.8 Å². The number of hydrogen-bond donors (Lipinski definition) is 1. The van der Waals surface area contributed by atoms with E-state index in [2.05, 4.69) is 13.8 Å². The van der Waals surface area contributed by atoms with Crippen LogP contribution in [0.2, 0.25) is 0 Å². The van der Waals surface area contributed by atoms with Gasteiger partial charge >= 0.3 is 0 Å². The Kier molecular flexibility index (Phi) is 3.48. The van der Waals surface area contributed by atoms with Gasteiger partial charge < -0.3 is 10.6 Å². The van der Waals surface area contributed by atoms with Gasteiger partial charge in [0.05, 0.1) is 5.54 Å². The second-order valence-corrected chi connectivity index (χ2v) is 6.52. The highest BCUT2D eigenvalue weighted by atomic mass is 16.2. The third-order valence-corrected chi connectivity index (χ3v) is 4.59. The van der Waals surface area contributed by atoms with E-state index in [1.54, 1.807) is 0 Å². The second-order valence-electron chi connectivity index (χ2n) is 6.52. The van der Waals surface area contributed by atoms with Crippen LogP contribution in [0.3, 0.4) is 0 Å². The van der Waals surface area contributed by atoms with Gasteiger partial charge in [-0.3, -0.25) is 4.79 Å². The minimum Gasteiger partial charge on any atom is -0.344 e. The summed E-state index contributed by atoms with van der Waals surface area (Å²) in [6.45, 7) is 5.36. The molecule has 0 aromatic carbocycles. The van der Waals surface area contributed by atoms with Crippen molar-refractivity contribution in [1.82, 2.24) is 4.90 Å². The summed E-state index contributed by atoms with van der Waals surface area (Å²) < 4.78 is 0. The van der Waals surface area contributed by atoms with Gasteiger partial charge in [0.1, 0.15) is 0 Å². The second kappa shape index (κ2) is 4.60. The zero-order valence-electron chi connectivity index (χ0n) is 11.4. The molecule has 0 radical (unpaired) electrons. The fourth-order valence-electron chi connectivity index (χ4n) is 3.25. The molecule has 0 aromatic heterocycles. The van der Waals surface area contributed by atoms with Gasteiger partial charge in [-0.05, 0) is 37.0 Å². The van der Waals surface area contributed by atoms with Crippen LogP contribution in [-0.4, -0.2) is 29.9 Å². The molecule has 0 heterocycles. The Labute approximate surface area is 105 Å².